The molecular formula is C21H24N4O4S. The van der Waals surface area contributed by atoms with E-state index in [4.69, 9.17) is 10.5 Å². The number of fused-ring (bicyclic) bond motifs is 2. The second-order valence-corrected chi connectivity index (χ2v) is 10.9. The fourth-order valence-corrected chi connectivity index (χ4v) is 5.49. The Balaban J connectivity index is 1.73. The lowest BCUT2D eigenvalue weighted by atomic mass is 9.84. The monoisotopic (exact) mass is 428 g/mol. The van der Waals surface area contributed by atoms with Gasteiger partial charge in [-0.15, -0.1) is 0 Å². The Kier molecular flexibility index (Phi) is 4.68. The second-order valence-electron chi connectivity index (χ2n) is 8.37. The number of carbonyl (C=O) groups is 1. The Labute approximate surface area is 175 Å². The summed E-state index contributed by atoms with van der Waals surface area (Å²) >= 11 is 0. The number of benzene rings is 1. The molecule has 0 saturated carbocycles. The molecule has 3 heterocycles. The molecule has 2 N–H and O–H groups in total. The number of aromatic nitrogens is 2. The van der Waals surface area contributed by atoms with Crippen molar-refractivity contribution in [2.45, 2.75) is 43.9 Å². The number of amidine groups is 1. The van der Waals surface area contributed by atoms with Crippen LogP contribution in [0.5, 0.6) is 5.75 Å². The van der Waals surface area contributed by atoms with E-state index in [1.807, 2.05) is 0 Å². The van der Waals surface area contributed by atoms with E-state index in [-0.39, 0.29) is 29.5 Å². The van der Waals surface area contributed by atoms with Gasteiger partial charge in [-0.1, -0.05) is 6.07 Å². The Hall–Kier alpha value is -2.81. The number of hydrogen-bond acceptors (Lipinski definition) is 8. The van der Waals surface area contributed by atoms with E-state index < -0.39 is 20.1 Å². The van der Waals surface area contributed by atoms with Crippen molar-refractivity contribution < 1.29 is 17.9 Å². The number of ether oxygens (including phenoxy) is 1. The van der Waals surface area contributed by atoms with Crippen LogP contribution in [0, 0.1) is 6.92 Å². The van der Waals surface area contributed by atoms with Gasteiger partial charge in [0, 0.05) is 24.6 Å². The van der Waals surface area contributed by atoms with Gasteiger partial charge in [0.15, 0.2) is 15.6 Å². The van der Waals surface area contributed by atoms with Gasteiger partial charge >= 0.3 is 0 Å². The van der Waals surface area contributed by atoms with E-state index in [2.05, 4.69) is 15.0 Å². The molecule has 0 fully saturated rings. The van der Waals surface area contributed by atoms with Gasteiger partial charge in [-0.05, 0) is 38.5 Å². The molecule has 0 amide bonds. The predicted molar refractivity (Wildman–Crippen MR) is 113 cm³/mol. The van der Waals surface area contributed by atoms with E-state index in [1.54, 1.807) is 45.2 Å². The fraction of sp³-hybridized carbons (Fsp3) is 0.429. The van der Waals surface area contributed by atoms with Crippen molar-refractivity contribution in [2.24, 2.45) is 10.7 Å². The summed E-state index contributed by atoms with van der Waals surface area (Å²) in [7, 11) is -3.54. The molecule has 1 atom stereocenters. The number of nitrogens with two attached hydrogens (primary N) is 1. The highest BCUT2D eigenvalue weighted by molar-refractivity contribution is 7.93. The van der Waals surface area contributed by atoms with E-state index >= 15 is 0 Å². The molecule has 1 aromatic carbocycles. The molecule has 9 heteroatoms. The summed E-state index contributed by atoms with van der Waals surface area (Å²) in [6.07, 6.45) is 3.52. The number of aliphatic imine (C=N–C) groups is 1. The number of rotatable bonds is 3. The molecule has 0 radical (unpaired) electrons. The van der Waals surface area contributed by atoms with E-state index in [0.29, 0.717) is 24.3 Å². The van der Waals surface area contributed by atoms with Crippen LogP contribution in [0.25, 0.3) is 0 Å². The average molecular weight is 429 g/mol. The fourth-order valence-electron chi connectivity index (χ4n) is 3.77. The van der Waals surface area contributed by atoms with Gasteiger partial charge in [0.1, 0.15) is 27.6 Å². The minimum absolute atomic E-state index is 0.0954. The molecule has 8 nitrogen and oxygen atoms in total. The molecule has 2 aromatic rings. The highest BCUT2D eigenvalue weighted by atomic mass is 32.2. The maximum absolute atomic E-state index is 13.0. The lowest BCUT2D eigenvalue weighted by Crippen LogP contribution is -2.56. The summed E-state index contributed by atoms with van der Waals surface area (Å²) in [4.78, 5) is 25.6. The Bertz CT molecular complexity index is 1160. The Morgan fingerprint density at radius 1 is 1.23 bits per heavy atom. The number of nitrogens with zero attached hydrogens (tertiary/aromatic N) is 3. The third-order valence-corrected chi connectivity index (χ3v) is 8.53. The quantitative estimate of drug-likeness (QED) is 0.738. The summed E-state index contributed by atoms with van der Waals surface area (Å²) < 4.78 is 30.5. The summed E-state index contributed by atoms with van der Waals surface area (Å²) in [6.45, 7) is 5.30. The zero-order valence-corrected chi connectivity index (χ0v) is 18.0. The summed E-state index contributed by atoms with van der Waals surface area (Å²) in [5.74, 6) is 0.343. The normalized spacial score (nSPS) is 23.9. The molecule has 0 bridgehead atoms. The molecule has 2 aliphatic heterocycles. The van der Waals surface area contributed by atoms with Crippen molar-refractivity contribution in [2.75, 3.05) is 12.4 Å². The third-order valence-electron chi connectivity index (χ3n) is 5.91. The number of hydrogen-bond donors (Lipinski definition) is 1. The molecule has 4 rings (SSSR count). The van der Waals surface area contributed by atoms with Crippen LogP contribution in [0.3, 0.4) is 0 Å². The number of Topliss-reactive ketones (excluding diaryl/α,β-unsaturated/α-hetero) is 1. The SMILES string of the molecule is Cc1cnc(C(=O)Cc2ccc3c(c2)[C@]2(CCO3)CS(=O)(=O)C(C)(C)C(N)=N2)cn1. The molecular weight excluding hydrogens is 404 g/mol. The molecule has 0 saturated heterocycles. The van der Waals surface area contributed by atoms with Gasteiger partial charge < -0.3 is 10.5 Å². The van der Waals surface area contributed by atoms with Crippen LogP contribution in [-0.4, -0.2) is 47.1 Å². The van der Waals surface area contributed by atoms with E-state index in [0.717, 1.165) is 11.3 Å². The number of carbonyl (C=O) groups excluding carboxylic acids is 1. The van der Waals surface area contributed by atoms with Crippen LogP contribution in [0.15, 0.2) is 35.6 Å². The van der Waals surface area contributed by atoms with Crippen molar-refractivity contribution >= 4 is 21.5 Å². The zero-order chi connectivity index (χ0) is 21.7. The highest BCUT2D eigenvalue weighted by Crippen LogP contribution is 2.45. The molecule has 1 aromatic heterocycles. The maximum atomic E-state index is 13.0. The Morgan fingerprint density at radius 3 is 2.67 bits per heavy atom. The van der Waals surface area contributed by atoms with Crippen LogP contribution in [0.4, 0.5) is 0 Å². The first-order chi connectivity index (χ1) is 14.0. The average Bonchev–Trinajstić information content (AvgIpc) is 2.67. The highest BCUT2D eigenvalue weighted by Gasteiger charge is 2.52. The van der Waals surface area contributed by atoms with Gasteiger partial charge in [-0.3, -0.25) is 14.8 Å². The summed E-state index contributed by atoms with van der Waals surface area (Å²) in [6, 6.07) is 5.36. The predicted octanol–water partition coefficient (Wildman–Crippen LogP) is 1.75. The standard InChI is InChI=1S/C21H24N4O4S/c1-13-10-24-16(11-23-13)17(26)9-14-4-5-18-15(8-14)21(6-7-29-18)12-30(27,28)20(2,3)19(22)25-21/h4-5,8,10-11H,6-7,9,12H2,1-3H3,(H2,22,25)/t21-/m0/s1. The van der Waals surface area contributed by atoms with Crippen molar-refractivity contribution in [3.63, 3.8) is 0 Å². The van der Waals surface area contributed by atoms with Gasteiger partial charge in [-0.2, -0.15) is 0 Å². The van der Waals surface area contributed by atoms with Crippen LogP contribution >= 0.6 is 0 Å². The van der Waals surface area contributed by atoms with Crippen molar-refractivity contribution in [1.29, 1.82) is 0 Å². The first kappa shape index (κ1) is 20.5. The third kappa shape index (κ3) is 3.27. The first-order valence-electron chi connectivity index (χ1n) is 9.70. The zero-order valence-electron chi connectivity index (χ0n) is 17.2. The van der Waals surface area contributed by atoms with Crippen LogP contribution < -0.4 is 10.5 Å². The van der Waals surface area contributed by atoms with E-state index in [9.17, 15) is 13.2 Å². The molecule has 2 aliphatic rings. The molecule has 0 unspecified atom stereocenters. The molecule has 158 valence electrons. The number of sulfone groups is 1. The molecule has 0 aliphatic carbocycles. The smallest absolute Gasteiger partial charge is 0.187 e. The Morgan fingerprint density at radius 2 is 2.00 bits per heavy atom. The number of aryl methyl sites for hydroxylation is 1. The van der Waals surface area contributed by atoms with Crippen LogP contribution in [0.2, 0.25) is 0 Å². The second kappa shape index (κ2) is 6.87. The van der Waals surface area contributed by atoms with Crippen molar-refractivity contribution in [1.82, 2.24) is 9.97 Å². The van der Waals surface area contributed by atoms with E-state index in [1.165, 1.54) is 6.20 Å². The van der Waals surface area contributed by atoms with Gasteiger partial charge in [-0.25, -0.2) is 13.4 Å². The minimum Gasteiger partial charge on any atom is -0.493 e. The summed E-state index contributed by atoms with van der Waals surface area (Å²) in [5.41, 5.74) is 7.50. The van der Waals surface area contributed by atoms with Crippen molar-refractivity contribution in [3.8, 4) is 5.75 Å². The van der Waals surface area contributed by atoms with Gasteiger partial charge in [0.05, 0.1) is 24.3 Å². The largest absolute Gasteiger partial charge is 0.493 e. The number of ketones is 1. The lowest BCUT2D eigenvalue weighted by Gasteiger charge is -2.42. The van der Waals surface area contributed by atoms with Crippen molar-refractivity contribution in [3.05, 3.63) is 53.1 Å². The minimum atomic E-state index is -3.54. The van der Waals surface area contributed by atoms with Gasteiger partial charge in [0.2, 0.25) is 0 Å². The maximum Gasteiger partial charge on any atom is 0.187 e. The molecule has 1 spiro atoms. The topological polar surface area (TPSA) is 125 Å². The first-order valence-corrected chi connectivity index (χ1v) is 11.4. The summed E-state index contributed by atoms with van der Waals surface area (Å²) in [5, 5.41) is 0. The van der Waals surface area contributed by atoms with Crippen LogP contribution in [-0.2, 0) is 21.8 Å². The van der Waals surface area contributed by atoms with Crippen LogP contribution in [0.1, 0.15) is 47.6 Å². The lowest BCUT2D eigenvalue weighted by molar-refractivity contribution is 0.0987. The molecule has 30 heavy (non-hydrogen) atoms. The van der Waals surface area contributed by atoms with Gasteiger partial charge in [0.25, 0.3) is 0 Å².